The fourth-order valence-corrected chi connectivity index (χ4v) is 6.61. The van der Waals surface area contributed by atoms with Gasteiger partial charge in [-0.1, -0.05) is 31.0 Å². The second-order valence-corrected chi connectivity index (χ2v) is 11.0. The van der Waals surface area contributed by atoms with Gasteiger partial charge in [0.15, 0.2) is 11.5 Å². The zero-order valence-electron chi connectivity index (χ0n) is 23.5. The molecule has 2 amide bonds. The van der Waals surface area contributed by atoms with Crippen LogP contribution in [0.1, 0.15) is 57.9 Å². The van der Waals surface area contributed by atoms with Crippen molar-refractivity contribution < 1.29 is 38.5 Å². The summed E-state index contributed by atoms with van der Waals surface area (Å²) in [6, 6.07) is 10.1. The topological polar surface area (TPSA) is 156 Å². The number of aliphatic hydroxyl groups is 2. The Hall–Kier alpha value is -4.48. The van der Waals surface area contributed by atoms with Gasteiger partial charge in [-0.2, -0.15) is 0 Å². The predicted molar refractivity (Wildman–Crippen MR) is 154 cm³/mol. The number of hydrogen-bond donors (Lipinski definition) is 3. The summed E-state index contributed by atoms with van der Waals surface area (Å²) in [5, 5.41) is 24.5. The first-order chi connectivity index (χ1) is 20.9. The van der Waals surface area contributed by atoms with Crippen molar-refractivity contribution in [1.82, 2.24) is 10.2 Å². The Labute approximate surface area is 246 Å². The van der Waals surface area contributed by atoms with Crippen molar-refractivity contribution in [3.63, 3.8) is 0 Å². The highest BCUT2D eigenvalue weighted by Gasteiger charge is 2.52. The van der Waals surface area contributed by atoms with Gasteiger partial charge in [-0.3, -0.25) is 14.4 Å². The molecule has 3 aromatic rings. The molecule has 2 aromatic carbocycles. The van der Waals surface area contributed by atoms with Crippen LogP contribution in [0.2, 0.25) is 0 Å². The number of para-hydroxylation sites is 1. The number of rotatable bonds is 8. The van der Waals surface area contributed by atoms with Crippen LogP contribution < -0.4 is 20.4 Å². The number of benzene rings is 2. The number of fused-ring (bicyclic) bond motifs is 4. The third-order valence-electron chi connectivity index (χ3n) is 8.56. The Morgan fingerprint density at radius 3 is 2.65 bits per heavy atom. The lowest BCUT2D eigenvalue weighted by molar-refractivity contribution is -0.118. The van der Waals surface area contributed by atoms with E-state index in [1.54, 1.807) is 36.4 Å². The van der Waals surface area contributed by atoms with E-state index in [2.05, 4.69) is 5.32 Å². The molecular weight excluding hydrogens is 556 g/mol. The number of carbonyl (C=O) groups is 3. The van der Waals surface area contributed by atoms with Crippen molar-refractivity contribution in [3.05, 3.63) is 81.2 Å². The van der Waals surface area contributed by atoms with Gasteiger partial charge >= 0.3 is 5.63 Å². The van der Waals surface area contributed by atoms with Crippen LogP contribution in [-0.4, -0.2) is 77.8 Å². The molecule has 1 aliphatic heterocycles. The van der Waals surface area contributed by atoms with Gasteiger partial charge in [0.25, 0.3) is 5.91 Å². The second-order valence-electron chi connectivity index (χ2n) is 11.0. The Balaban J connectivity index is 1.48. The molecule has 0 radical (unpaired) electrons. The SMILES string of the molecule is COc1cc(C=O)cc2c1O[C@@H]1[C@@H](O)[C@H](N(C(=O)c3cc4ccccc4oc3=O)C3CCCC3)C=C(C(=O)NCCO)[C@H]21. The lowest BCUT2D eigenvalue weighted by Gasteiger charge is -2.43. The number of carbonyl (C=O) groups excluding carboxylic acids is 3. The molecule has 3 N–H and O–H groups in total. The molecule has 1 aromatic heterocycles. The van der Waals surface area contributed by atoms with Crippen molar-refractivity contribution in [2.45, 2.75) is 55.9 Å². The van der Waals surface area contributed by atoms with Gasteiger partial charge in [0.05, 0.1) is 25.7 Å². The Morgan fingerprint density at radius 2 is 1.93 bits per heavy atom. The van der Waals surface area contributed by atoms with E-state index in [9.17, 15) is 29.4 Å². The summed E-state index contributed by atoms with van der Waals surface area (Å²) in [6.45, 7) is -0.310. The summed E-state index contributed by atoms with van der Waals surface area (Å²) >= 11 is 0. The molecule has 0 unspecified atom stereocenters. The van der Waals surface area contributed by atoms with Crippen molar-refractivity contribution in [2.75, 3.05) is 20.3 Å². The van der Waals surface area contributed by atoms with Gasteiger partial charge in [0, 0.05) is 34.7 Å². The molecule has 2 aliphatic carbocycles. The van der Waals surface area contributed by atoms with Gasteiger partial charge < -0.3 is 34.3 Å². The van der Waals surface area contributed by atoms with Gasteiger partial charge in [-0.15, -0.1) is 0 Å². The molecule has 6 rings (SSSR count). The molecule has 3 aliphatic rings. The summed E-state index contributed by atoms with van der Waals surface area (Å²) in [5.74, 6) is -1.36. The normalized spacial score (nSPS) is 22.7. The van der Waals surface area contributed by atoms with E-state index < -0.39 is 41.6 Å². The number of aliphatic hydroxyl groups excluding tert-OH is 2. The van der Waals surface area contributed by atoms with E-state index in [4.69, 9.17) is 13.9 Å². The molecule has 224 valence electrons. The Bertz CT molecular complexity index is 1670. The van der Waals surface area contributed by atoms with Crippen LogP contribution in [0.3, 0.4) is 0 Å². The average molecular weight is 589 g/mol. The quantitative estimate of drug-likeness (QED) is 0.266. The number of hydrogen-bond acceptors (Lipinski definition) is 9. The minimum atomic E-state index is -1.31. The molecule has 11 heteroatoms. The zero-order chi connectivity index (χ0) is 30.2. The molecule has 0 bridgehead atoms. The number of nitrogens with zero attached hydrogens (tertiary/aromatic N) is 1. The van der Waals surface area contributed by atoms with Crippen LogP contribution in [0.5, 0.6) is 11.5 Å². The van der Waals surface area contributed by atoms with E-state index in [0.29, 0.717) is 41.2 Å². The molecule has 4 atom stereocenters. The summed E-state index contributed by atoms with van der Waals surface area (Å²) in [7, 11) is 1.43. The van der Waals surface area contributed by atoms with Gasteiger partial charge in [-0.25, -0.2) is 4.79 Å². The van der Waals surface area contributed by atoms with Crippen molar-refractivity contribution in [2.24, 2.45) is 0 Å². The highest BCUT2D eigenvalue weighted by molar-refractivity contribution is 5.99. The van der Waals surface area contributed by atoms with Gasteiger partial charge in [-0.05, 0) is 43.2 Å². The van der Waals surface area contributed by atoms with E-state index in [-0.39, 0.29) is 41.8 Å². The van der Waals surface area contributed by atoms with Crippen LogP contribution in [-0.2, 0) is 4.79 Å². The highest BCUT2D eigenvalue weighted by atomic mass is 16.5. The Kier molecular flexibility index (Phi) is 7.76. The van der Waals surface area contributed by atoms with Crippen LogP contribution in [0.4, 0.5) is 0 Å². The molecule has 2 heterocycles. The third kappa shape index (κ3) is 4.98. The number of methoxy groups -OCH3 is 1. The van der Waals surface area contributed by atoms with Gasteiger partial charge in [0.1, 0.15) is 29.6 Å². The summed E-state index contributed by atoms with van der Waals surface area (Å²) in [5.41, 5.74) is 0.378. The molecule has 1 fully saturated rings. The Morgan fingerprint density at radius 1 is 1.16 bits per heavy atom. The number of ether oxygens (including phenoxy) is 2. The van der Waals surface area contributed by atoms with E-state index in [1.807, 2.05) is 0 Å². The zero-order valence-corrected chi connectivity index (χ0v) is 23.5. The number of aldehydes is 1. The molecular formula is C32H32N2O9. The van der Waals surface area contributed by atoms with Crippen molar-refractivity contribution in [3.8, 4) is 11.5 Å². The second kappa shape index (κ2) is 11.7. The first kappa shape index (κ1) is 28.6. The third-order valence-corrected chi connectivity index (χ3v) is 8.56. The molecule has 0 saturated heterocycles. The lowest BCUT2D eigenvalue weighted by atomic mass is 9.77. The summed E-state index contributed by atoms with van der Waals surface area (Å²) in [6.07, 6.45) is 2.90. The summed E-state index contributed by atoms with van der Waals surface area (Å²) in [4.78, 5) is 54.1. The largest absolute Gasteiger partial charge is 0.493 e. The molecule has 1 saturated carbocycles. The first-order valence-corrected chi connectivity index (χ1v) is 14.3. The summed E-state index contributed by atoms with van der Waals surface area (Å²) < 4.78 is 17.2. The molecule has 0 spiro atoms. The fraction of sp³-hybridized carbons (Fsp3) is 0.375. The fourth-order valence-electron chi connectivity index (χ4n) is 6.61. The average Bonchev–Trinajstić information content (AvgIpc) is 3.69. The van der Waals surface area contributed by atoms with Crippen molar-refractivity contribution in [1.29, 1.82) is 0 Å². The minimum absolute atomic E-state index is 0.0183. The maximum Gasteiger partial charge on any atom is 0.349 e. The van der Waals surface area contributed by atoms with Crippen LogP contribution in [0, 0.1) is 0 Å². The lowest BCUT2D eigenvalue weighted by Crippen LogP contribution is -2.58. The first-order valence-electron chi connectivity index (χ1n) is 14.3. The predicted octanol–water partition coefficient (Wildman–Crippen LogP) is 2.32. The van der Waals surface area contributed by atoms with Crippen LogP contribution in [0.15, 0.2) is 63.3 Å². The standard InChI is InChI=1S/C32H32N2O9/c1-41-25-13-17(16-36)12-20-26-21(30(38)33-10-11-35)15-23(27(37)29(26)43-28(20)25)34(19-7-3-4-8-19)31(39)22-14-18-6-2-5-9-24(18)42-32(22)40/h2,5-6,9,12-16,19,23,26-27,29,35,37H,3-4,7-8,10-11H2,1H3,(H,33,38)/t23-,26+,27+,29+/m1/s1. The molecule has 11 nitrogen and oxygen atoms in total. The van der Waals surface area contributed by atoms with Gasteiger partial charge in [0.2, 0.25) is 5.91 Å². The maximum absolute atomic E-state index is 14.3. The molecule has 43 heavy (non-hydrogen) atoms. The van der Waals surface area contributed by atoms with Crippen LogP contribution in [0.25, 0.3) is 11.0 Å². The highest BCUT2D eigenvalue weighted by Crippen LogP contribution is 2.51. The van der Waals surface area contributed by atoms with Crippen molar-refractivity contribution >= 4 is 29.1 Å². The van der Waals surface area contributed by atoms with Crippen LogP contribution >= 0.6 is 0 Å². The van der Waals surface area contributed by atoms with E-state index >= 15 is 0 Å². The minimum Gasteiger partial charge on any atom is -0.493 e. The number of amides is 2. The smallest absolute Gasteiger partial charge is 0.349 e. The van der Waals surface area contributed by atoms with E-state index in [0.717, 1.165) is 12.8 Å². The monoisotopic (exact) mass is 588 g/mol. The van der Waals surface area contributed by atoms with E-state index in [1.165, 1.54) is 24.1 Å². The maximum atomic E-state index is 14.3. The number of nitrogens with one attached hydrogen (secondary N) is 1.